The SMILES string of the molecule is CNCc1coc(N2CCC(COC)CC2)n1. The third-order valence-electron chi connectivity index (χ3n) is 3.18. The van der Waals surface area contributed by atoms with Crippen LogP contribution in [0, 0.1) is 5.92 Å². The molecule has 1 N–H and O–H groups in total. The van der Waals surface area contributed by atoms with Crippen LogP contribution in [-0.4, -0.2) is 38.8 Å². The predicted molar refractivity (Wildman–Crippen MR) is 66.1 cm³/mol. The predicted octanol–water partition coefficient (Wildman–Crippen LogP) is 1.26. The van der Waals surface area contributed by atoms with Crippen molar-refractivity contribution in [2.24, 2.45) is 5.92 Å². The number of ether oxygens (including phenoxy) is 1. The maximum Gasteiger partial charge on any atom is 0.297 e. The van der Waals surface area contributed by atoms with E-state index in [1.807, 2.05) is 7.05 Å². The molecule has 0 spiro atoms. The molecule has 5 heteroatoms. The van der Waals surface area contributed by atoms with Gasteiger partial charge in [-0.3, -0.25) is 0 Å². The minimum Gasteiger partial charge on any atom is -0.432 e. The molecule has 0 bridgehead atoms. The molecule has 1 fully saturated rings. The van der Waals surface area contributed by atoms with E-state index in [1.54, 1.807) is 13.4 Å². The molecule has 1 aromatic rings. The van der Waals surface area contributed by atoms with Gasteiger partial charge in [0.15, 0.2) is 0 Å². The van der Waals surface area contributed by atoms with Gasteiger partial charge in [-0.05, 0) is 25.8 Å². The largest absolute Gasteiger partial charge is 0.432 e. The Morgan fingerprint density at radius 2 is 2.29 bits per heavy atom. The average molecular weight is 239 g/mol. The first kappa shape index (κ1) is 12.4. The highest BCUT2D eigenvalue weighted by atomic mass is 16.5. The van der Waals surface area contributed by atoms with Crippen molar-refractivity contribution in [1.29, 1.82) is 0 Å². The van der Waals surface area contributed by atoms with Crippen LogP contribution in [0.2, 0.25) is 0 Å². The Bertz CT molecular complexity index is 332. The zero-order chi connectivity index (χ0) is 12.1. The summed E-state index contributed by atoms with van der Waals surface area (Å²) in [4.78, 5) is 6.67. The van der Waals surface area contributed by atoms with E-state index in [1.165, 1.54) is 0 Å². The molecule has 0 aliphatic carbocycles. The molecular formula is C12H21N3O2. The molecule has 17 heavy (non-hydrogen) atoms. The van der Waals surface area contributed by atoms with Gasteiger partial charge in [-0.25, -0.2) is 0 Å². The van der Waals surface area contributed by atoms with Gasteiger partial charge in [0.1, 0.15) is 6.26 Å². The highest BCUT2D eigenvalue weighted by Crippen LogP contribution is 2.22. The number of piperidine rings is 1. The fourth-order valence-electron chi connectivity index (χ4n) is 2.23. The molecule has 1 aliphatic rings. The van der Waals surface area contributed by atoms with Gasteiger partial charge in [0, 0.05) is 33.4 Å². The lowest BCUT2D eigenvalue weighted by Gasteiger charge is -2.30. The van der Waals surface area contributed by atoms with Gasteiger partial charge in [0.25, 0.3) is 6.01 Å². The van der Waals surface area contributed by atoms with Crippen LogP contribution in [-0.2, 0) is 11.3 Å². The highest BCUT2D eigenvalue weighted by Gasteiger charge is 2.22. The van der Waals surface area contributed by atoms with Gasteiger partial charge in [0.05, 0.1) is 5.69 Å². The first-order valence-electron chi connectivity index (χ1n) is 6.16. The molecular weight excluding hydrogens is 218 g/mol. The van der Waals surface area contributed by atoms with Crippen molar-refractivity contribution in [2.45, 2.75) is 19.4 Å². The first-order valence-corrected chi connectivity index (χ1v) is 6.16. The number of nitrogens with zero attached hydrogens (tertiary/aromatic N) is 2. The van der Waals surface area contributed by atoms with Gasteiger partial charge in [-0.2, -0.15) is 4.98 Å². The Morgan fingerprint density at radius 3 is 2.94 bits per heavy atom. The Morgan fingerprint density at radius 1 is 1.53 bits per heavy atom. The van der Waals surface area contributed by atoms with E-state index in [-0.39, 0.29) is 0 Å². The van der Waals surface area contributed by atoms with E-state index < -0.39 is 0 Å². The summed E-state index contributed by atoms with van der Waals surface area (Å²) in [7, 11) is 3.68. The molecule has 0 aromatic carbocycles. The van der Waals surface area contributed by atoms with Crippen molar-refractivity contribution in [1.82, 2.24) is 10.3 Å². The van der Waals surface area contributed by atoms with Crippen LogP contribution >= 0.6 is 0 Å². The zero-order valence-corrected chi connectivity index (χ0v) is 10.6. The standard InChI is InChI=1S/C12H21N3O2/c1-13-7-11-9-17-12(14-11)15-5-3-10(4-6-15)8-16-2/h9-10,13H,3-8H2,1-2H3. The molecule has 0 radical (unpaired) electrons. The fourth-order valence-corrected chi connectivity index (χ4v) is 2.23. The molecule has 0 unspecified atom stereocenters. The summed E-state index contributed by atoms with van der Waals surface area (Å²) in [5, 5.41) is 3.07. The summed E-state index contributed by atoms with van der Waals surface area (Å²) in [5.74, 6) is 0.683. The van der Waals surface area contributed by atoms with Crippen molar-refractivity contribution in [3.63, 3.8) is 0 Å². The van der Waals surface area contributed by atoms with E-state index in [0.29, 0.717) is 5.92 Å². The van der Waals surface area contributed by atoms with Crippen molar-refractivity contribution >= 4 is 6.01 Å². The van der Waals surface area contributed by atoms with Crippen LogP contribution in [0.5, 0.6) is 0 Å². The number of aromatic nitrogens is 1. The summed E-state index contributed by atoms with van der Waals surface area (Å²) < 4.78 is 10.7. The highest BCUT2D eigenvalue weighted by molar-refractivity contribution is 5.27. The van der Waals surface area contributed by atoms with Crippen LogP contribution in [0.15, 0.2) is 10.7 Å². The Balaban J connectivity index is 1.86. The Hall–Kier alpha value is -1.07. The van der Waals surface area contributed by atoms with Crippen LogP contribution in [0.1, 0.15) is 18.5 Å². The molecule has 0 saturated carbocycles. The lowest BCUT2D eigenvalue weighted by molar-refractivity contribution is 0.138. The minimum atomic E-state index is 0.683. The Labute approximate surface area is 102 Å². The number of rotatable bonds is 5. The molecule has 1 aromatic heterocycles. The normalized spacial score (nSPS) is 17.6. The smallest absolute Gasteiger partial charge is 0.297 e. The summed E-state index contributed by atoms with van der Waals surface area (Å²) in [6.07, 6.45) is 4.03. The van der Waals surface area contributed by atoms with Crippen molar-refractivity contribution in [3.05, 3.63) is 12.0 Å². The molecule has 0 atom stereocenters. The topological polar surface area (TPSA) is 50.5 Å². The zero-order valence-electron chi connectivity index (χ0n) is 10.6. The second-order valence-electron chi connectivity index (χ2n) is 4.54. The molecule has 0 amide bonds. The van der Waals surface area contributed by atoms with E-state index in [4.69, 9.17) is 9.15 Å². The molecule has 5 nitrogen and oxygen atoms in total. The van der Waals surface area contributed by atoms with Gasteiger partial charge in [-0.1, -0.05) is 0 Å². The van der Waals surface area contributed by atoms with Crippen LogP contribution < -0.4 is 10.2 Å². The van der Waals surface area contributed by atoms with Crippen molar-refractivity contribution in [2.75, 3.05) is 38.8 Å². The Kier molecular flexibility index (Phi) is 4.39. The van der Waals surface area contributed by atoms with Crippen LogP contribution in [0.25, 0.3) is 0 Å². The summed E-state index contributed by atoms with van der Waals surface area (Å²) in [5.41, 5.74) is 0.960. The van der Waals surface area contributed by atoms with Gasteiger partial charge in [-0.15, -0.1) is 0 Å². The third-order valence-corrected chi connectivity index (χ3v) is 3.18. The number of oxazole rings is 1. The van der Waals surface area contributed by atoms with Crippen LogP contribution in [0.4, 0.5) is 6.01 Å². The lowest BCUT2D eigenvalue weighted by Crippen LogP contribution is -2.35. The fraction of sp³-hybridized carbons (Fsp3) is 0.750. The van der Waals surface area contributed by atoms with Crippen molar-refractivity contribution < 1.29 is 9.15 Å². The van der Waals surface area contributed by atoms with Crippen molar-refractivity contribution in [3.8, 4) is 0 Å². The third kappa shape index (κ3) is 3.20. The second kappa shape index (κ2) is 6.02. The molecule has 96 valence electrons. The second-order valence-corrected chi connectivity index (χ2v) is 4.54. The number of hydrogen-bond donors (Lipinski definition) is 1. The maximum atomic E-state index is 5.50. The molecule has 1 saturated heterocycles. The number of anilines is 1. The molecule has 1 aliphatic heterocycles. The summed E-state index contributed by atoms with van der Waals surface area (Å²) in [6, 6.07) is 0.756. The van der Waals surface area contributed by atoms with E-state index in [0.717, 1.165) is 50.8 Å². The first-order chi connectivity index (χ1) is 8.33. The van der Waals surface area contributed by atoms with Gasteiger partial charge in [0.2, 0.25) is 0 Å². The monoisotopic (exact) mass is 239 g/mol. The van der Waals surface area contributed by atoms with Gasteiger partial charge >= 0.3 is 0 Å². The summed E-state index contributed by atoms with van der Waals surface area (Å²) >= 11 is 0. The number of methoxy groups -OCH3 is 1. The number of nitrogens with one attached hydrogen (secondary N) is 1. The molecule has 2 heterocycles. The summed E-state index contributed by atoms with van der Waals surface area (Å²) in [6.45, 7) is 3.63. The quantitative estimate of drug-likeness (QED) is 0.838. The number of hydrogen-bond acceptors (Lipinski definition) is 5. The maximum absolute atomic E-state index is 5.50. The lowest BCUT2D eigenvalue weighted by atomic mass is 9.98. The van der Waals surface area contributed by atoms with E-state index in [2.05, 4.69) is 15.2 Å². The minimum absolute atomic E-state index is 0.683. The van der Waals surface area contributed by atoms with E-state index in [9.17, 15) is 0 Å². The van der Waals surface area contributed by atoms with E-state index >= 15 is 0 Å². The van der Waals surface area contributed by atoms with Crippen LogP contribution in [0.3, 0.4) is 0 Å². The van der Waals surface area contributed by atoms with Gasteiger partial charge < -0.3 is 19.4 Å². The average Bonchev–Trinajstić information content (AvgIpc) is 2.80. The molecule has 2 rings (SSSR count).